The minimum Gasteiger partial charge on any atom is -0.292 e. The average Bonchev–Trinajstić information content (AvgIpc) is 3.81. The number of hydrogen-bond donors (Lipinski definition) is 0. The van der Waals surface area contributed by atoms with Crippen LogP contribution < -0.4 is 0 Å². The summed E-state index contributed by atoms with van der Waals surface area (Å²) in [6.07, 6.45) is 0. The van der Waals surface area contributed by atoms with Crippen LogP contribution in [0.5, 0.6) is 0 Å². The molecule has 5 heteroatoms. The maximum Gasteiger partial charge on any atom is 0.160 e. The number of fused-ring (bicyclic) bond motifs is 7. The molecule has 0 radical (unpaired) electrons. The topological polar surface area (TPSA) is 56.5 Å². The van der Waals surface area contributed by atoms with Gasteiger partial charge in [-0.25, -0.2) is 19.9 Å². The summed E-state index contributed by atoms with van der Waals surface area (Å²) in [5.74, 6) is 1.57. The third-order valence-electron chi connectivity index (χ3n) is 13.0. The molecule has 0 unspecified atom stereocenters. The molecule has 13 aromatic rings. The summed E-state index contributed by atoms with van der Waals surface area (Å²) < 4.78 is 2.27. The molecule has 0 aliphatic heterocycles. The van der Waals surface area contributed by atoms with Crippen LogP contribution in [0.3, 0.4) is 0 Å². The highest BCUT2D eigenvalue weighted by Gasteiger charge is 2.21. The van der Waals surface area contributed by atoms with Crippen molar-refractivity contribution < 1.29 is 0 Å². The van der Waals surface area contributed by atoms with Gasteiger partial charge in [0.15, 0.2) is 5.82 Å². The minimum atomic E-state index is 0.681. The molecule has 0 spiro atoms. The third kappa shape index (κ3) is 6.64. The van der Waals surface area contributed by atoms with E-state index in [0.29, 0.717) is 5.82 Å². The second-order valence-corrected chi connectivity index (χ2v) is 17.0. The van der Waals surface area contributed by atoms with Crippen molar-refractivity contribution in [1.29, 1.82) is 0 Å². The van der Waals surface area contributed by atoms with Crippen LogP contribution in [0.25, 0.3) is 128 Å². The Kier molecular flexibility index (Phi) is 9.10. The molecule has 0 saturated carbocycles. The number of hydrogen-bond acceptors (Lipinski definition) is 4. The van der Waals surface area contributed by atoms with Gasteiger partial charge in [-0.15, -0.1) is 0 Å². The Bertz CT molecular complexity index is 3900. The smallest absolute Gasteiger partial charge is 0.160 e. The molecular weight excluding hydrogens is 815 g/mol. The van der Waals surface area contributed by atoms with Crippen molar-refractivity contribution in [2.24, 2.45) is 0 Å². The SMILES string of the molecule is c1ccc(-c2nc3c4c(-c5ccc(-c6ccc(-c7nc(-c8cccc9ccccc89)cc(-c8cccc9ccccc89)n7)cc6)cc5)nc5ccccc5c4ccc3n2-c2ccccc2)cc1. The first-order chi connectivity index (χ1) is 33.2. The number of para-hydroxylation sites is 2. The van der Waals surface area contributed by atoms with Crippen LogP contribution >= 0.6 is 0 Å². The largest absolute Gasteiger partial charge is 0.292 e. The van der Waals surface area contributed by atoms with E-state index in [1.807, 2.05) is 6.07 Å². The summed E-state index contributed by atoms with van der Waals surface area (Å²) in [6, 6.07) is 83.2. The van der Waals surface area contributed by atoms with Crippen LogP contribution in [-0.2, 0) is 0 Å². The maximum absolute atomic E-state index is 5.46. The molecule has 3 heterocycles. The zero-order chi connectivity index (χ0) is 44.3. The molecule has 5 nitrogen and oxygen atoms in total. The van der Waals surface area contributed by atoms with Gasteiger partial charge in [-0.1, -0.05) is 206 Å². The Morgan fingerprint density at radius 1 is 0.328 bits per heavy atom. The summed E-state index contributed by atoms with van der Waals surface area (Å²) in [5, 5.41) is 7.94. The summed E-state index contributed by atoms with van der Waals surface area (Å²) in [5.41, 5.74) is 14.0. The molecule has 0 atom stereocenters. The van der Waals surface area contributed by atoms with Gasteiger partial charge in [-0.3, -0.25) is 4.57 Å². The molecule has 0 aliphatic rings. The van der Waals surface area contributed by atoms with Gasteiger partial charge >= 0.3 is 0 Å². The highest BCUT2D eigenvalue weighted by Crippen LogP contribution is 2.41. The highest BCUT2D eigenvalue weighted by atomic mass is 15.1. The van der Waals surface area contributed by atoms with E-state index in [2.05, 4.69) is 235 Å². The summed E-state index contributed by atoms with van der Waals surface area (Å²) in [6.45, 7) is 0. The monoisotopic (exact) mass is 853 g/mol. The number of benzene rings is 10. The van der Waals surface area contributed by atoms with Gasteiger partial charge in [0, 0.05) is 44.3 Å². The van der Waals surface area contributed by atoms with Crippen molar-refractivity contribution in [1.82, 2.24) is 24.5 Å². The van der Waals surface area contributed by atoms with Crippen LogP contribution in [0.1, 0.15) is 0 Å². The first-order valence-electron chi connectivity index (χ1n) is 22.6. The second-order valence-electron chi connectivity index (χ2n) is 17.0. The van der Waals surface area contributed by atoms with Crippen LogP contribution in [0.4, 0.5) is 0 Å². The van der Waals surface area contributed by atoms with Gasteiger partial charge < -0.3 is 0 Å². The Hall–Kier alpha value is -9.06. The molecule has 0 N–H and O–H groups in total. The second kappa shape index (κ2) is 15.9. The van der Waals surface area contributed by atoms with Crippen LogP contribution in [0, 0.1) is 0 Å². The van der Waals surface area contributed by atoms with Gasteiger partial charge in [0.2, 0.25) is 0 Å². The molecule has 0 bridgehead atoms. The van der Waals surface area contributed by atoms with E-state index in [1.54, 1.807) is 0 Å². The Morgan fingerprint density at radius 2 is 0.851 bits per heavy atom. The molecule has 13 rings (SSSR count). The number of pyridine rings is 1. The molecule has 3 aromatic heterocycles. The maximum atomic E-state index is 5.46. The molecular formula is C62H39N5. The van der Waals surface area contributed by atoms with Crippen molar-refractivity contribution in [3.05, 3.63) is 237 Å². The number of rotatable bonds is 7. The fourth-order valence-corrected chi connectivity index (χ4v) is 9.79. The average molecular weight is 854 g/mol. The summed E-state index contributed by atoms with van der Waals surface area (Å²) in [4.78, 5) is 21.4. The first kappa shape index (κ1) is 38.4. The molecule has 10 aromatic carbocycles. The number of imidazole rings is 1. The standard InChI is InChI=1S/C62H39N5/c1-3-17-46(18-4-1)62-66-60-57(67(62)47-21-5-2-6-22-47)38-37-53-52-25-11-12-28-54(52)63-59(58(53)60)44-33-29-40(30-34-44)41-31-35-45(36-32-41)61-64-55(50-26-13-19-42-15-7-9-23-48(42)50)39-56(65-61)51-27-14-20-43-16-8-10-24-49(43)51/h1-39H. The van der Waals surface area contributed by atoms with E-state index in [-0.39, 0.29) is 0 Å². The predicted molar refractivity (Wildman–Crippen MR) is 277 cm³/mol. The van der Waals surface area contributed by atoms with Crippen molar-refractivity contribution in [3.8, 4) is 73.4 Å². The Balaban J connectivity index is 0.915. The lowest BCUT2D eigenvalue weighted by molar-refractivity contribution is 1.10. The van der Waals surface area contributed by atoms with Gasteiger partial charge in [0.05, 0.1) is 33.6 Å². The molecule has 0 fully saturated rings. The van der Waals surface area contributed by atoms with Crippen LogP contribution in [-0.4, -0.2) is 24.5 Å². The lowest BCUT2D eigenvalue weighted by Crippen LogP contribution is -1.97. The lowest BCUT2D eigenvalue weighted by Gasteiger charge is -2.13. The molecule has 67 heavy (non-hydrogen) atoms. The fourth-order valence-electron chi connectivity index (χ4n) is 9.79. The van der Waals surface area contributed by atoms with E-state index < -0.39 is 0 Å². The van der Waals surface area contributed by atoms with E-state index in [0.717, 1.165) is 111 Å². The van der Waals surface area contributed by atoms with E-state index in [9.17, 15) is 0 Å². The van der Waals surface area contributed by atoms with Crippen molar-refractivity contribution in [2.45, 2.75) is 0 Å². The van der Waals surface area contributed by atoms with Gasteiger partial charge in [0.1, 0.15) is 5.82 Å². The lowest BCUT2D eigenvalue weighted by atomic mass is 9.96. The minimum absolute atomic E-state index is 0.681. The number of aromatic nitrogens is 5. The van der Waals surface area contributed by atoms with Crippen molar-refractivity contribution in [3.63, 3.8) is 0 Å². The van der Waals surface area contributed by atoms with E-state index in [1.165, 1.54) is 10.8 Å². The van der Waals surface area contributed by atoms with Crippen LogP contribution in [0.15, 0.2) is 237 Å². The Morgan fingerprint density at radius 3 is 1.49 bits per heavy atom. The van der Waals surface area contributed by atoms with Gasteiger partial charge in [0.25, 0.3) is 0 Å². The van der Waals surface area contributed by atoms with Crippen molar-refractivity contribution in [2.75, 3.05) is 0 Å². The van der Waals surface area contributed by atoms with Crippen LogP contribution in [0.2, 0.25) is 0 Å². The molecule has 312 valence electrons. The molecule has 0 saturated heterocycles. The van der Waals surface area contributed by atoms with E-state index in [4.69, 9.17) is 19.9 Å². The quantitative estimate of drug-likeness (QED) is 0.150. The predicted octanol–water partition coefficient (Wildman–Crippen LogP) is 15.8. The number of nitrogens with zero attached hydrogens (tertiary/aromatic N) is 5. The van der Waals surface area contributed by atoms with Gasteiger partial charge in [-0.05, 0) is 68.4 Å². The third-order valence-corrected chi connectivity index (χ3v) is 13.0. The zero-order valence-corrected chi connectivity index (χ0v) is 36.3. The van der Waals surface area contributed by atoms with Crippen molar-refractivity contribution >= 4 is 54.3 Å². The highest BCUT2D eigenvalue weighted by molar-refractivity contribution is 6.20. The molecule has 0 amide bonds. The zero-order valence-electron chi connectivity index (χ0n) is 36.3. The Labute approximate surface area is 387 Å². The van der Waals surface area contributed by atoms with Gasteiger partial charge in [-0.2, -0.15) is 0 Å². The summed E-state index contributed by atoms with van der Waals surface area (Å²) in [7, 11) is 0. The first-order valence-corrected chi connectivity index (χ1v) is 22.6. The van der Waals surface area contributed by atoms with E-state index >= 15 is 0 Å². The summed E-state index contributed by atoms with van der Waals surface area (Å²) >= 11 is 0. The normalized spacial score (nSPS) is 11.6. The molecule has 0 aliphatic carbocycles. The fraction of sp³-hybridized carbons (Fsp3) is 0.